The second-order valence-electron chi connectivity index (χ2n) is 4.64. The van der Waals surface area contributed by atoms with Crippen molar-refractivity contribution in [3.63, 3.8) is 0 Å². The number of hydrogen-bond donors (Lipinski definition) is 1. The molecule has 0 spiro atoms. The molecule has 0 aliphatic heterocycles. The maximum absolute atomic E-state index is 13.4. The lowest BCUT2D eigenvalue weighted by Gasteiger charge is -2.13. The van der Waals surface area contributed by atoms with Gasteiger partial charge >= 0.3 is 0 Å². The summed E-state index contributed by atoms with van der Waals surface area (Å²) in [6, 6.07) is 10.2. The van der Waals surface area contributed by atoms with Crippen molar-refractivity contribution in [2.75, 3.05) is 0 Å². The summed E-state index contributed by atoms with van der Waals surface area (Å²) in [5, 5.41) is 0. The predicted octanol–water partition coefficient (Wildman–Crippen LogP) is 5.03. The standard InChI is InChI=1S/C15H14Br2FNO/c1-9(19)4-10-5-11(16)2-3-15(10)20-14-7-12(17)6-13(18)8-14/h2-3,5-9H,4,19H2,1H3. The van der Waals surface area contributed by atoms with E-state index in [1.807, 2.05) is 25.1 Å². The van der Waals surface area contributed by atoms with Gasteiger partial charge in [0, 0.05) is 21.1 Å². The Hall–Kier alpha value is -0.910. The third-order valence-electron chi connectivity index (χ3n) is 2.63. The Morgan fingerprint density at radius 2 is 1.90 bits per heavy atom. The van der Waals surface area contributed by atoms with Gasteiger partial charge in [-0.1, -0.05) is 31.9 Å². The summed E-state index contributed by atoms with van der Waals surface area (Å²) in [7, 11) is 0. The van der Waals surface area contributed by atoms with Crippen LogP contribution in [0.1, 0.15) is 12.5 Å². The molecule has 0 fully saturated rings. The van der Waals surface area contributed by atoms with Crippen molar-refractivity contribution >= 4 is 31.9 Å². The van der Waals surface area contributed by atoms with Gasteiger partial charge in [-0.3, -0.25) is 0 Å². The highest BCUT2D eigenvalue weighted by molar-refractivity contribution is 9.10. The highest BCUT2D eigenvalue weighted by Gasteiger charge is 2.09. The molecule has 106 valence electrons. The first-order chi connectivity index (χ1) is 9.44. The third kappa shape index (κ3) is 4.30. The highest BCUT2D eigenvalue weighted by Crippen LogP contribution is 2.30. The molecule has 1 atom stereocenters. The minimum absolute atomic E-state index is 0.0193. The molecule has 2 aromatic rings. The third-order valence-corrected chi connectivity index (χ3v) is 3.58. The normalized spacial score (nSPS) is 12.2. The predicted molar refractivity (Wildman–Crippen MR) is 85.7 cm³/mol. The van der Waals surface area contributed by atoms with Gasteiger partial charge in [-0.15, -0.1) is 0 Å². The minimum Gasteiger partial charge on any atom is -0.457 e. The van der Waals surface area contributed by atoms with E-state index in [4.69, 9.17) is 10.5 Å². The lowest BCUT2D eigenvalue weighted by molar-refractivity contribution is 0.468. The van der Waals surface area contributed by atoms with Crippen LogP contribution in [-0.2, 0) is 6.42 Å². The van der Waals surface area contributed by atoms with Crippen LogP contribution in [0.25, 0.3) is 0 Å². The van der Waals surface area contributed by atoms with Gasteiger partial charge in [-0.25, -0.2) is 4.39 Å². The first-order valence-corrected chi connectivity index (χ1v) is 7.70. The summed E-state index contributed by atoms with van der Waals surface area (Å²) in [5.74, 6) is 0.786. The molecule has 0 heterocycles. The van der Waals surface area contributed by atoms with E-state index < -0.39 is 0 Å². The summed E-state index contributed by atoms with van der Waals surface area (Å²) in [5.41, 5.74) is 6.83. The molecule has 20 heavy (non-hydrogen) atoms. The quantitative estimate of drug-likeness (QED) is 0.777. The second-order valence-corrected chi connectivity index (χ2v) is 6.47. The summed E-state index contributed by atoms with van der Waals surface area (Å²) in [6.45, 7) is 1.93. The Morgan fingerprint density at radius 3 is 2.55 bits per heavy atom. The van der Waals surface area contributed by atoms with Crippen LogP contribution in [0.5, 0.6) is 11.5 Å². The van der Waals surface area contributed by atoms with Crippen molar-refractivity contribution in [3.8, 4) is 11.5 Å². The highest BCUT2D eigenvalue weighted by atomic mass is 79.9. The van der Waals surface area contributed by atoms with Crippen molar-refractivity contribution in [2.45, 2.75) is 19.4 Å². The molecule has 2 N–H and O–H groups in total. The van der Waals surface area contributed by atoms with Crippen LogP contribution in [-0.4, -0.2) is 6.04 Å². The van der Waals surface area contributed by atoms with E-state index in [1.54, 1.807) is 6.07 Å². The molecule has 0 saturated heterocycles. The zero-order chi connectivity index (χ0) is 14.7. The lowest BCUT2D eigenvalue weighted by atomic mass is 10.1. The van der Waals surface area contributed by atoms with Crippen LogP contribution in [0.3, 0.4) is 0 Å². The molecular formula is C15H14Br2FNO. The van der Waals surface area contributed by atoms with Gasteiger partial charge in [0.05, 0.1) is 0 Å². The van der Waals surface area contributed by atoms with Crippen LogP contribution in [0, 0.1) is 5.82 Å². The summed E-state index contributed by atoms with van der Waals surface area (Å²) in [4.78, 5) is 0. The number of ether oxygens (including phenoxy) is 1. The molecule has 0 radical (unpaired) electrons. The van der Waals surface area contributed by atoms with E-state index in [0.717, 1.165) is 10.0 Å². The Bertz CT molecular complexity index is 597. The van der Waals surface area contributed by atoms with Crippen molar-refractivity contribution in [1.29, 1.82) is 0 Å². The zero-order valence-corrected chi connectivity index (χ0v) is 14.0. The Balaban J connectivity index is 2.32. The average molecular weight is 403 g/mol. The van der Waals surface area contributed by atoms with E-state index in [2.05, 4.69) is 31.9 Å². The van der Waals surface area contributed by atoms with Crippen LogP contribution in [0.2, 0.25) is 0 Å². The molecule has 5 heteroatoms. The largest absolute Gasteiger partial charge is 0.457 e. The van der Waals surface area contributed by atoms with Crippen LogP contribution in [0.4, 0.5) is 4.39 Å². The number of benzene rings is 2. The topological polar surface area (TPSA) is 35.2 Å². The van der Waals surface area contributed by atoms with E-state index in [-0.39, 0.29) is 11.9 Å². The number of hydrogen-bond acceptors (Lipinski definition) is 2. The molecule has 2 nitrogen and oxygen atoms in total. The van der Waals surface area contributed by atoms with Crippen molar-refractivity contribution in [2.24, 2.45) is 5.73 Å². The van der Waals surface area contributed by atoms with Crippen molar-refractivity contribution < 1.29 is 9.13 Å². The Morgan fingerprint density at radius 1 is 1.15 bits per heavy atom. The molecule has 1 unspecified atom stereocenters. The molecule has 0 amide bonds. The van der Waals surface area contributed by atoms with E-state index in [1.165, 1.54) is 12.1 Å². The fourth-order valence-corrected chi connectivity index (χ4v) is 2.72. The number of nitrogens with two attached hydrogens (primary N) is 1. The van der Waals surface area contributed by atoms with Gasteiger partial charge in [0.2, 0.25) is 0 Å². The lowest BCUT2D eigenvalue weighted by Crippen LogP contribution is -2.18. The summed E-state index contributed by atoms with van der Waals surface area (Å²) >= 11 is 6.68. The zero-order valence-electron chi connectivity index (χ0n) is 10.9. The van der Waals surface area contributed by atoms with Gasteiger partial charge in [0.15, 0.2) is 0 Å². The summed E-state index contributed by atoms with van der Waals surface area (Å²) in [6.07, 6.45) is 0.686. The number of rotatable bonds is 4. The van der Waals surface area contributed by atoms with Gasteiger partial charge in [0.25, 0.3) is 0 Å². The SMILES string of the molecule is CC(N)Cc1cc(Br)ccc1Oc1cc(F)cc(Br)c1. The molecule has 0 aliphatic carbocycles. The molecule has 2 rings (SSSR count). The minimum atomic E-state index is -0.347. The van der Waals surface area contributed by atoms with E-state index in [0.29, 0.717) is 22.4 Å². The van der Waals surface area contributed by atoms with Crippen LogP contribution < -0.4 is 10.5 Å². The maximum atomic E-state index is 13.4. The van der Waals surface area contributed by atoms with Gasteiger partial charge < -0.3 is 10.5 Å². The molecule has 0 aromatic heterocycles. The molecular weight excluding hydrogens is 389 g/mol. The van der Waals surface area contributed by atoms with E-state index in [9.17, 15) is 4.39 Å². The smallest absolute Gasteiger partial charge is 0.131 e. The first kappa shape index (κ1) is 15.5. The molecule has 0 saturated carbocycles. The van der Waals surface area contributed by atoms with Crippen molar-refractivity contribution in [1.82, 2.24) is 0 Å². The Kier molecular flexibility index (Phi) is 5.18. The monoisotopic (exact) mass is 401 g/mol. The Labute approximate surface area is 134 Å². The molecule has 0 bridgehead atoms. The van der Waals surface area contributed by atoms with E-state index >= 15 is 0 Å². The maximum Gasteiger partial charge on any atom is 0.131 e. The van der Waals surface area contributed by atoms with Crippen LogP contribution >= 0.6 is 31.9 Å². The fourth-order valence-electron chi connectivity index (χ4n) is 1.87. The van der Waals surface area contributed by atoms with Gasteiger partial charge in [0.1, 0.15) is 17.3 Å². The van der Waals surface area contributed by atoms with Crippen molar-refractivity contribution in [3.05, 3.63) is 56.7 Å². The molecule has 0 aliphatic rings. The number of halogens is 3. The second kappa shape index (κ2) is 6.70. The van der Waals surface area contributed by atoms with Gasteiger partial charge in [-0.05, 0) is 49.2 Å². The summed E-state index contributed by atoms with van der Waals surface area (Å²) < 4.78 is 20.7. The van der Waals surface area contributed by atoms with Gasteiger partial charge in [-0.2, -0.15) is 0 Å². The molecule has 2 aromatic carbocycles. The first-order valence-electron chi connectivity index (χ1n) is 6.12. The average Bonchev–Trinajstić information content (AvgIpc) is 2.30. The van der Waals surface area contributed by atoms with Crippen LogP contribution in [0.15, 0.2) is 45.3 Å². The fraction of sp³-hybridized carbons (Fsp3) is 0.200.